The summed E-state index contributed by atoms with van der Waals surface area (Å²) in [5, 5.41) is 0. The quantitative estimate of drug-likeness (QED) is 0.788. The first kappa shape index (κ1) is 13.2. The van der Waals surface area contributed by atoms with Gasteiger partial charge in [-0.25, -0.2) is 0 Å². The van der Waals surface area contributed by atoms with Crippen molar-refractivity contribution < 1.29 is 19.0 Å². The average molecular weight is 277 g/mol. The molecule has 1 fully saturated rings. The number of methoxy groups -OCH3 is 1. The van der Waals surface area contributed by atoms with E-state index in [1.165, 1.54) is 12.7 Å². The van der Waals surface area contributed by atoms with Gasteiger partial charge < -0.3 is 14.2 Å². The number of nitrogens with zero attached hydrogens (tertiary/aromatic N) is 1. The van der Waals surface area contributed by atoms with Gasteiger partial charge in [-0.3, -0.25) is 9.69 Å². The van der Waals surface area contributed by atoms with Crippen molar-refractivity contribution in [2.75, 3.05) is 33.4 Å². The van der Waals surface area contributed by atoms with Crippen LogP contribution in [0.25, 0.3) is 0 Å². The maximum Gasteiger partial charge on any atom is 0.319 e. The molecule has 0 N–H and O–H groups in total. The fraction of sp³-hybridized carbons (Fsp3) is 0.533. The van der Waals surface area contributed by atoms with Crippen LogP contribution in [0.3, 0.4) is 0 Å². The predicted molar refractivity (Wildman–Crippen MR) is 73.0 cm³/mol. The Labute approximate surface area is 118 Å². The number of likely N-dealkylation sites (tertiary alicyclic amines) is 1. The summed E-state index contributed by atoms with van der Waals surface area (Å²) in [5.41, 5.74) is 1.18. The topological polar surface area (TPSA) is 48.0 Å². The second-order valence-electron chi connectivity index (χ2n) is 5.11. The van der Waals surface area contributed by atoms with Gasteiger partial charge in [-0.05, 0) is 37.1 Å². The molecule has 0 aliphatic carbocycles. The molecule has 1 aromatic carbocycles. The Morgan fingerprint density at radius 1 is 1.35 bits per heavy atom. The van der Waals surface area contributed by atoms with Crippen molar-refractivity contribution in [3.63, 3.8) is 0 Å². The summed E-state index contributed by atoms with van der Waals surface area (Å²) < 4.78 is 15.9. The van der Waals surface area contributed by atoms with Crippen LogP contribution in [0.1, 0.15) is 24.4 Å². The van der Waals surface area contributed by atoms with E-state index in [-0.39, 0.29) is 12.0 Å². The van der Waals surface area contributed by atoms with E-state index in [1.54, 1.807) is 0 Å². The normalized spacial score (nSPS) is 21.8. The Morgan fingerprint density at radius 2 is 2.15 bits per heavy atom. The zero-order valence-corrected chi connectivity index (χ0v) is 11.6. The van der Waals surface area contributed by atoms with Crippen LogP contribution in [0, 0.1) is 0 Å². The van der Waals surface area contributed by atoms with Gasteiger partial charge in [0.15, 0.2) is 11.5 Å². The van der Waals surface area contributed by atoms with E-state index < -0.39 is 0 Å². The molecular formula is C15H19NO4. The van der Waals surface area contributed by atoms with Gasteiger partial charge in [0.1, 0.15) is 13.2 Å². The fourth-order valence-electron chi connectivity index (χ4n) is 2.89. The Hall–Kier alpha value is -1.75. The Kier molecular flexibility index (Phi) is 3.78. The van der Waals surface area contributed by atoms with Crippen LogP contribution in [-0.4, -0.2) is 44.3 Å². The summed E-state index contributed by atoms with van der Waals surface area (Å²) in [7, 11) is 1.43. The van der Waals surface area contributed by atoms with Crippen molar-refractivity contribution in [1.82, 2.24) is 4.90 Å². The number of ether oxygens (including phenoxy) is 3. The number of carbonyl (C=O) groups is 1. The van der Waals surface area contributed by atoms with Crippen molar-refractivity contribution in [3.8, 4) is 11.5 Å². The van der Waals surface area contributed by atoms with Gasteiger partial charge in [0.05, 0.1) is 13.7 Å². The monoisotopic (exact) mass is 277 g/mol. The minimum absolute atomic E-state index is 0.186. The molecule has 0 spiro atoms. The molecule has 2 heterocycles. The standard InChI is InChI=1S/C15H19NO4/c1-18-15(17)10-16-6-2-3-12(16)11-4-5-13-14(9-11)20-8-7-19-13/h4-5,9,12H,2-3,6-8,10H2,1H3/t12-/m0/s1. The van der Waals surface area contributed by atoms with Gasteiger partial charge in [0, 0.05) is 6.04 Å². The van der Waals surface area contributed by atoms with Crippen molar-refractivity contribution in [2.24, 2.45) is 0 Å². The van der Waals surface area contributed by atoms with Crippen molar-refractivity contribution in [3.05, 3.63) is 23.8 Å². The molecule has 20 heavy (non-hydrogen) atoms. The Bertz CT molecular complexity index is 503. The molecule has 0 aromatic heterocycles. The van der Waals surface area contributed by atoms with Crippen molar-refractivity contribution >= 4 is 5.97 Å². The number of rotatable bonds is 3. The molecule has 1 atom stereocenters. The molecular weight excluding hydrogens is 258 g/mol. The first-order valence-corrected chi connectivity index (χ1v) is 6.98. The fourth-order valence-corrected chi connectivity index (χ4v) is 2.89. The van der Waals surface area contributed by atoms with Gasteiger partial charge in [-0.1, -0.05) is 6.07 Å². The number of carbonyl (C=O) groups excluding carboxylic acids is 1. The van der Waals surface area contributed by atoms with Gasteiger partial charge in [0.2, 0.25) is 0 Å². The minimum atomic E-state index is -0.186. The lowest BCUT2D eigenvalue weighted by atomic mass is 10.0. The molecule has 2 aliphatic heterocycles. The summed E-state index contributed by atoms with van der Waals surface area (Å²) >= 11 is 0. The van der Waals surface area contributed by atoms with E-state index in [9.17, 15) is 4.79 Å². The predicted octanol–water partition coefficient (Wildman–Crippen LogP) is 1.77. The van der Waals surface area contributed by atoms with Crippen LogP contribution >= 0.6 is 0 Å². The highest BCUT2D eigenvalue weighted by molar-refractivity contribution is 5.71. The van der Waals surface area contributed by atoms with Crippen LogP contribution in [-0.2, 0) is 9.53 Å². The second-order valence-corrected chi connectivity index (χ2v) is 5.11. The van der Waals surface area contributed by atoms with Crippen LogP contribution < -0.4 is 9.47 Å². The Balaban J connectivity index is 1.79. The van der Waals surface area contributed by atoms with E-state index in [4.69, 9.17) is 14.2 Å². The molecule has 2 aliphatic rings. The molecule has 0 bridgehead atoms. The highest BCUT2D eigenvalue weighted by atomic mass is 16.6. The number of hydrogen-bond acceptors (Lipinski definition) is 5. The van der Waals surface area contributed by atoms with Crippen LogP contribution in [0.15, 0.2) is 18.2 Å². The van der Waals surface area contributed by atoms with E-state index in [1.807, 2.05) is 12.1 Å². The van der Waals surface area contributed by atoms with E-state index in [2.05, 4.69) is 11.0 Å². The maximum atomic E-state index is 11.5. The number of fused-ring (bicyclic) bond motifs is 1. The number of esters is 1. The lowest BCUT2D eigenvalue weighted by Gasteiger charge is -2.25. The third-order valence-corrected chi connectivity index (χ3v) is 3.87. The molecule has 3 rings (SSSR count). The Morgan fingerprint density at radius 3 is 2.95 bits per heavy atom. The van der Waals surface area contributed by atoms with Crippen LogP contribution in [0.4, 0.5) is 0 Å². The van der Waals surface area contributed by atoms with Gasteiger partial charge in [-0.15, -0.1) is 0 Å². The molecule has 0 radical (unpaired) electrons. The highest BCUT2D eigenvalue weighted by Gasteiger charge is 2.28. The average Bonchev–Trinajstić information content (AvgIpc) is 2.94. The third kappa shape index (κ3) is 2.58. The smallest absolute Gasteiger partial charge is 0.319 e. The van der Waals surface area contributed by atoms with Crippen LogP contribution in [0.5, 0.6) is 11.5 Å². The second kappa shape index (κ2) is 5.71. The van der Waals surface area contributed by atoms with Gasteiger partial charge >= 0.3 is 5.97 Å². The lowest BCUT2D eigenvalue weighted by Crippen LogP contribution is -2.30. The SMILES string of the molecule is COC(=O)CN1CCC[C@H]1c1ccc2c(c1)OCCO2. The van der Waals surface area contributed by atoms with Crippen molar-refractivity contribution in [1.29, 1.82) is 0 Å². The lowest BCUT2D eigenvalue weighted by molar-refractivity contribution is -0.142. The van der Waals surface area contributed by atoms with Crippen LogP contribution in [0.2, 0.25) is 0 Å². The largest absolute Gasteiger partial charge is 0.486 e. The first-order chi connectivity index (χ1) is 9.78. The van der Waals surface area contributed by atoms with E-state index in [0.717, 1.165) is 30.9 Å². The van der Waals surface area contributed by atoms with E-state index >= 15 is 0 Å². The molecule has 0 amide bonds. The zero-order valence-electron chi connectivity index (χ0n) is 11.6. The summed E-state index contributed by atoms with van der Waals surface area (Å²) in [4.78, 5) is 13.6. The summed E-state index contributed by atoms with van der Waals surface area (Å²) in [6, 6.07) is 6.31. The molecule has 108 valence electrons. The molecule has 5 nitrogen and oxygen atoms in total. The first-order valence-electron chi connectivity index (χ1n) is 6.98. The molecule has 0 saturated carbocycles. The minimum Gasteiger partial charge on any atom is -0.486 e. The summed E-state index contributed by atoms with van der Waals surface area (Å²) in [6.07, 6.45) is 2.15. The third-order valence-electron chi connectivity index (χ3n) is 3.87. The highest BCUT2D eigenvalue weighted by Crippen LogP contribution is 2.37. The van der Waals surface area contributed by atoms with Crippen molar-refractivity contribution in [2.45, 2.75) is 18.9 Å². The molecule has 1 aromatic rings. The van der Waals surface area contributed by atoms with E-state index in [0.29, 0.717) is 19.8 Å². The summed E-state index contributed by atoms with van der Waals surface area (Å²) in [6.45, 7) is 2.46. The zero-order chi connectivity index (χ0) is 13.9. The molecule has 1 saturated heterocycles. The maximum absolute atomic E-state index is 11.5. The van der Waals surface area contributed by atoms with Gasteiger partial charge in [0.25, 0.3) is 0 Å². The molecule has 0 unspecified atom stereocenters. The summed E-state index contributed by atoms with van der Waals surface area (Å²) in [5.74, 6) is 1.42. The number of benzene rings is 1. The van der Waals surface area contributed by atoms with Gasteiger partial charge in [-0.2, -0.15) is 0 Å². The number of hydrogen-bond donors (Lipinski definition) is 0. The molecule has 5 heteroatoms.